The molecule has 0 radical (unpaired) electrons. The quantitative estimate of drug-likeness (QED) is 0.900. The monoisotopic (exact) mass is 331 g/mol. The highest BCUT2D eigenvalue weighted by Gasteiger charge is 2.21. The van der Waals surface area contributed by atoms with E-state index in [4.69, 9.17) is 11.6 Å². The van der Waals surface area contributed by atoms with Crippen molar-refractivity contribution in [3.8, 4) is 0 Å². The van der Waals surface area contributed by atoms with Gasteiger partial charge in [0.05, 0.1) is 17.0 Å². The van der Waals surface area contributed by atoms with Gasteiger partial charge >= 0.3 is 0 Å². The summed E-state index contributed by atoms with van der Waals surface area (Å²) in [5.74, 6) is -0.0871. The molecule has 0 atom stereocenters. The summed E-state index contributed by atoms with van der Waals surface area (Å²) in [5.41, 5.74) is 0.734. The molecule has 21 heavy (non-hydrogen) atoms. The van der Waals surface area contributed by atoms with Gasteiger partial charge in [0, 0.05) is 31.7 Å². The molecule has 116 valence electrons. The third kappa shape index (κ3) is 4.33. The second kappa shape index (κ2) is 6.21. The first kappa shape index (κ1) is 16.1. The van der Waals surface area contributed by atoms with Crippen LogP contribution < -0.4 is 4.72 Å². The third-order valence-corrected chi connectivity index (χ3v) is 4.21. The molecule has 8 heteroatoms. The predicted octanol–water partition coefficient (Wildman–Crippen LogP) is 1.10. The molecule has 1 aromatic rings. The number of benzene rings is 1. The topological polar surface area (TPSA) is 69.7 Å². The molecule has 0 spiro atoms. The molecule has 1 amide bonds. The number of nitrogens with zero attached hydrogens (tertiary/aromatic N) is 2. The van der Waals surface area contributed by atoms with Crippen molar-refractivity contribution in [2.75, 3.05) is 44.2 Å². The molecule has 0 aromatic heterocycles. The van der Waals surface area contributed by atoms with Crippen molar-refractivity contribution in [3.05, 3.63) is 28.8 Å². The summed E-state index contributed by atoms with van der Waals surface area (Å²) in [5, 5.41) is 0.209. The summed E-state index contributed by atoms with van der Waals surface area (Å²) < 4.78 is 24.7. The van der Waals surface area contributed by atoms with Gasteiger partial charge in [0.15, 0.2) is 0 Å². The van der Waals surface area contributed by atoms with Gasteiger partial charge in [-0.2, -0.15) is 0 Å². The average molecular weight is 332 g/mol. The van der Waals surface area contributed by atoms with E-state index in [0.29, 0.717) is 18.7 Å². The van der Waals surface area contributed by atoms with Crippen LogP contribution in [0.2, 0.25) is 5.02 Å². The summed E-state index contributed by atoms with van der Waals surface area (Å²) in [6.07, 6.45) is 1.05. The number of sulfonamides is 1. The van der Waals surface area contributed by atoms with Crippen molar-refractivity contribution < 1.29 is 13.2 Å². The number of carbonyl (C=O) groups excluding carboxylic acids is 1. The lowest BCUT2D eigenvalue weighted by Crippen LogP contribution is -2.47. The van der Waals surface area contributed by atoms with Crippen molar-refractivity contribution in [2.24, 2.45) is 0 Å². The molecule has 2 rings (SSSR count). The lowest BCUT2D eigenvalue weighted by atomic mass is 10.1. The van der Waals surface area contributed by atoms with Gasteiger partial charge in [-0.3, -0.25) is 9.52 Å². The van der Waals surface area contributed by atoms with E-state index in [2.05, 4.69) is 9.62 Å². The van der Waals surface area contributed by atoms with Gasteiger partial charge in [0.25, 0.3) is 5.91 Å². The van der Waals surface area contributed by atoms with Crippen LogP contribution in [-0.2, 0) is 10.0 Å². The molecule has 1 heterocycles. The molecule has 1 fully saturated rings. The van der Waals surface area contributed by atoms with Crippen LogP contribution in [0.15, 0.2) is 18.2 Å². The zero-order chi connectivity index (χ0) is 15.6. The number of halogens is 1. The van der Waals surface area contributed by atoms with E-state index in [0.717, 1.165) is 19.3 Å². The molecule has 1 aromatic carbocycles. The minimum Gasteiger partial charge on any atom is -0.336 e. The normalized spacial score (nSPS) is 16.8. The van der Waals surface area contributed by atoms with Crippen LogP contribution in [0.5, 0.6) is 0 Å². The largest absolute Gasteiger partial charge is 0.336 e. The summed E-state index contributed by atoms with van der Waals surface area (Å²) in [4.78, 5) is 16.3. The average Bonchev–Trinajstić information content (AvgIpc) is 2.40. The number of nitrogens with one attached hydrogen (secondary N) is 1. The van der Waals surface area contributed by atoms with Gasteiger partial charge in [0.1, 0.15) is 0 Å². The first-order valence-corrected chi connectivity index (χ1v) is 8.78. The van der Waals surface area contributed by atoms with Crippen molar-refractivity contribution in [2.45, 2.75) is 0 Å². The van der Waals surface area contributed by atoms with Gasteiger partial charge in [-0.15, -0.1) is 0 Å². The molecule has 0 saturated carbocycles. The van der Waals surface area contributed by atoms with Crippen molar-refractivity contribution >= 4 is 33.2 Å². The van der Waals surface area contributed by atoms with E-state index in [-0.39, 0.29) is 16.6 Å². The minimum absolute atomic E-state index is 0.0871. The highest BCUT2D eigenvalue weighted by atomic mass is 35.5. The maximum atomic E-state index is 12.4. The first-order chi connectivity index (χ1) is 9.76. The van der Waals surface area contributed by atoms with Gasteiger partial charge in [-0.1, -0.05) is 11.6 Å². The second-order valence-electron chi connectivity index (χ2n) is 5.16. The molecule has 1 N–H and O–H groups in total. The summed E-state index contributed by atoms with van der Waals surface area (Å²) in [7, 11) is -1.38. The summed E-state index contributed by atoms with van der Waals surface area (Å²) in [6.45, 7) is 3.03. The molecule has 0 unspecified atom stereocenters. The van der Waals surface area contributed by atoms with Crippen LogP contribution in [0.1, 0.15) is 10.4 Å². The highest BCUT2D eigenvalue weighted by Crippen LogP contribution is 2.24. The first-order valence-electron chi connectivity index (χ1n) is 6.51. The minimum atomic E-state index is -3.39. The molecular formula is C13H18ClN3O3S. The lowest BCUT2D eigenvalue weighted by Gasteiger charge is -2.32. The Morgan fingerprint density at radius 3 is 2.38 bits per heavy atom. The zero-order valence-electron chi connectivity index (χ0n) is 12.0. The predicted molar refractivity (Wildman–Crippen MR) is 83.3 cm³/mol. The smallest absolute Gasteiger partial charge is 0.253 e. The summed E-state index contributed by atoms with van der Waals surface area (Å²) in [6, 6.07) is 4.59. The molecule has 1 aliphatic rings. The number of hydrogen-bond donors (Lipinski definition) is 1. The SMILES string of the molecule is CN1CCN(C(=O)c2ccc(NS(C)(=O)=O)c(Cl)c2)CC1. The molecule has 0 aliphatic carbocycles. The second-order valence-corrected chi connectivity index (χ2v) is 7.32. The number of anilines is 1. The fourth-order valence-corrected chi connectivity index (χ4v) is 2.98. The van der Waals surface area contributed by atoms with Crippen LogP contribution >= 0.6 is 11.6 Å². The number of piperazine rings is 1. The van der Waals surface area contributed by atoms with Crippen LogP contribution in [0.4, 0.5) is 5.69 Å². The number of rotatable bonds is 3. The molecule has 6 nitrogen and oxygen atoms in total. The van der Waals surface area contributed by atoms with Crippen LogP contribution in [-0.4, -0.2) is 63.6 Å². The maximum Gasteiger partial charge on any atom is 0.253 e. The highest BCUT2D eigenvalue weighted by molar-refractivity contribution is 7.92. The van der Waals surface area contributed by atoms with E-state index in [9.17, 15) is 13.2 Å². The Morgan fingerprint density at radius 1 is 1.24 bits per heavy atom. The van der Waals surface area contributed by atoms with Crippen molar-refractivity contribution in [1.82, 2.24) is 9.80 Å². The van der Waals surface area contributed by atoms with Crippen molar-refractivity contribution in [3.63, 3.8) is 0 Å². The molecule has 1 aliphatic heterocycles. The Labute approximate surface area is 129 Å². The fraction of sp³-hybridized carbons (Fsp3) is 0.462. The number of likely N-dealkylation sites (N-methyl/N-ethyl adjacent to an activating group) is 1. The number of amides is 1. The Kier molecular flexibility index (Phi) is 4.75. The molecule has 1 saturated heterocycles. The van der Waals surface area contributed by atoms with Gasteiger partial charge in [-0.05, 0) is 25.2 Å². The van der Waals surface area contributed by atoms with Gasteiger partial charge in [-0.25, -0.2) is 8.42 Å². The van der Waals surface area contributed by atoms with E-state index in [1.54, 1.807) is 11.0 Å². The Bertz CT molecular complexity index is 640. The number of hydrogen-bond acceptors (Lipinski definition) is 4. The third-order valence-electron chi connectivity index (χ3n) is 3.30. The van der Waals surface area contributed by atoms with Crippen LogP contribution in [0.25, 0.3) is 0 Å². The summed E-state index contributed by atoms with van der Waals surface area (Å²) >= 11 is 6.04. The van der Waals surface area contributed by atoms with E-state index in [1.165, 1.54) is 12.1 Å². The van der Waals surface area contributed by atoms with Crippen LogP contribution in [0.3, 0.4) is 0 Å². The Balaban J connectivity index is 2.14. The Morgan fingerprint density at radius 2 is 1.86 bits per heavy atom. The van der Waals surface area contributed by atoms with E-state index in [1.807, 2.05) is 7.05 Å². The van der Waals surface area contributed by atoms with E-state index < -0.39 is 10.0 Å². The lowest BCUT2D eigenvalue weighted by molar-refractivity contribution is 0.0664. The van der Waals surface area contributed by atoms with Crippen molar-refractivity contribution in [1.29, 1.82) is 0 Å². The Hall–Kier alpha value is -1.31. The van der Waals surface area contributed by atoms with Gasteiger partial charge < -0.3 is 9.80 Å². The van der Waals surface area contributed by atoms with E-state index >= 15 is 0 Å². The van der Waals surface area contributed by atoms with Gasteiger partial charge in [0.2, 0.25) is 10.0 Å². The standard InChI is InChI=1S/C13H18ClN3O3S/c1-16-5-7-17(8-6-16)13(18)10-3-4-12(11(14)9-10)15-21(2,19)20/h3-4,9,15H,5-8H2,1-2H3. The molecule has 0 bridgehead atoms. The fourth-order valence-electron chi connectivity index (χ4n) is 2.12. The maximum absolute atomic E-state index is 12.4. The zero-order valence-corrected chi connectivity index (χ0v) is 13.5. The number of carbonyl (C=O) groups is 1. The molecular weight excluding hydrogens is 314 g/mol. The van der Waals surface area contributed by atoms with Crippen LogP contribution in [0, 0.1) is 0 Å².